The lowest BCUT2D eigenvalue weighted by Crippen LogP contribution is -2.12. The van der Waals surface area contributed by atoms with Gasteiger partial charge in [0.25, 0.3) is 5.70 Å². The molecule has 0 N–H and O–H groups in total. The molecule has 0 aliphatic carbocycles. The smallest absolute Gasteiger partial charge is 0.259 e. The Labute approximate surface area is 76.4 Å². The van der Waals surface area contributed by atoms with Crippen LogP contribution in [0.3, 0.4) is 0 Å². The molecule has 0 spiro atoms. The normalized spacial score (nSPS) is 29.6. The van der Waals surface area contributed by atoms with Gasteiger partial charge in [-0.2, -0.15) is 0 Å². The zero-order valence-electron chi connectivity index (χ0n) is 7.53. The summed E-state index contributed by atoms with van der Waals surface area (Å²) < 4.78 is 0. The van der Waals surface area contributed by atoms with Crippen LogP contribution in [0, 0.1) is 16.0 Å². The lowest BCUT2D eigenvalue weighted by molar-refractivity contribution is -0.433. The monoisotopic (exact) mass is 187 g/mol. The van der Waals surface area contributed by atoms with E-state index in [0.717, 1.165) is 11.3 Å². The molecule has 12 heavy (non-hydrogen) atoms. The van der Waals surface area contributed by atoms with Gasteiger partial charge in [-0.15, -0.1) is 11.8 Å². The lowest BCUT2D eigenvalue weighted by Gasteiger charge is -2.05. The highest BCUT2D eigenvalue weighted by atomic mass is 32.2. The van der Waals surface area contributed by atoms with Crippen molar-refractivity contribution in [1.29, 1.82) is 0 Å². The van der Waals surface area contributed by atoms with Crippen molar-refractivity contribution in [2.45, 2.75) is 32.4 Å². The topological polar surface area (TPSA) is 43.1 Å². The van der Waals surface area contributed by atoms with Gasteiger partial charge in [0, 0.05) is 5.25 Å². The Bertz CT molecular complexity index is 237. The Hall–Kier alpha value is -0.510. The summed E-state index contributed by atoms with van der Waals surface area (Å²) in [6, 6.07) is 0. The molecule has 0 aromatic rings. The van der Waals surface area contributed by atoms with Crippen molar-refractivity contribution in [3.63, 3.8) is 0 Å². The Morgan fingerprint density at radius 1 is 1.58 bits per heavy atom. The van der Waals surface area contributed by atoms with E-state index >= 15 is 0 Å². The molecule has 0 fully saturated rings. The molecule has 2 unspecified atom stereocenters. The van der Waals surface area contributed by atoms with Gasteiger partial charge in [-0.1, -0.05) is 20.8 Å². The average molecular weight is 187 g/mol. The van der Waals surface area contributed by atoms with Crippen molar-refractivity contribution < 1.29 is 4.92 Å². The van der Waals surface area contributed by atoms with Gasteiger partial charge in [-0.3, -0.25) is 10.1 Å². The molecule has 0 amide bonds. The van der Waals surface area contributed by atoms with Gasteiger partial charge in [0.05, 0.1) is 15.7 Å². The zero-order chi connectivity index (χ0) is 9.30. The van der Waals surface area contributed by atoms with E-state index in [4.69, 9.17) is 0 Å². The van der Waals surface area contributed by atoms with Crippen LogP contribution in [0.5, 0.6) is 0 Å². The highest BCUT2D eigenvalue weighted by molar-refractivity contribution is 8.03. The summed E-state index contributed by atoms with van der Waals surface area (Å²) in [5.74, 6) is 0.0972. The van der Waals surface area contributed by atoms with Crippen LogP contribution >= 0.6 is 11.8 Å². The summed E-state index contributed by atoms with van der Waals surface area (Å²) in [7, 11) is 0. The minimum atomic E-state index is -0.222. The van der Waals surface area contributed by atoms with E-state index in [1.54, 1.807) is 11.8 Å². The summed E-state index contributed by atoms with van der Waals surface area (Å²) in [5, 5.41) is 11.0. The van der Waals surface area contributed by atoms with Crippen LogP contribution < -0.4 is 0 Å². The fraction of sp³-hybridized carbons (Fsp3) is 0.750. The Balaban J connectivity index is 2.95. The number of nitro groups is 1. The van der Waals surface area contributed by atoms with Crippen molar-refractivity contribution in [3.8, 4) is 0 Å². The van der Waals surface area contributed by atoms with Gasteiger partial charge >= 0.3 is 0 Å². The Morgan fingerprint density at radius 3 is 2.50 bits per heavy atom. The predicted molar refractivity (Wildman–Crippen MR) is 50.5 cm³/mol. The maximum atomic E-state index is 10.7. The predicted octanol–water partition coefficient (Wildman–Crippen LogP) is 2.66. The summed E-state index contributed by atoms with van der Waals surface area (Å²) >= 11 is 1.65. The molecule has 1 rings (SSSR count). The van der Waals surface area contributed by atoms with Crippen molar-refractivity contribution in [1.82, 2.24) is 0 Å². The van der Waals surface area contributed by atoms with Gasteiger partial charge < -0.3 is 0 Å². The van der Waals surface area contributed by atoms with Crippen LogP contribution in [0.2, 0.25) is 0 Å². The molecule has 0 radical (unpaired) electrons. The summed E-state index contributed by atoms with van der Waals surface area (Å²) in [4.78, 5) is 11.4. The van der Waals surface area contributed by atoms with E-state index in [-0.39, 0.29) is 10.8 Å². The summed E-state index contributed by atoms with van der Waals surface area (Å²) in [5.41, 5.74) is 0.440. The van der Waals surface area contributed by atoms with E-state index < -0.39 is 0 Å². The molecule has 2 atom stereocenters. The van der Waals surface area contributed by atoms with Gasteiger partial charge in [-0.25, -0.2) is 0 Å². The van der Waals surface area contributed by atoms with Crippen molar-refractivity contribution >= 4 is 11.8 Å². The first kappa shape index (κ1) is 9.58. The molecular formula is C8H13NO2S. The van der Waals surface area contributed by atoms with Gasteiger partial charge in [0.15, 0.2) is 0 Å². The first-order chi connectivity index (χ1) is 5.57. The molecule has 1 aliphatic rings. The fourth-order valence-corrected chi connectivity index (χ4v) is 2.73. The number of allylic oxidation sites excluding steroid dienone is 2. The lowest BCUT2D eigenvalue weighted by atomic mass is 10.0. The summed E-state index contributed by atoms with van der Waals surface area (Å²) in [6.07, 6.45) is 0.787. The minimum absolute atomic E-state index is 0.0972. The molecule has 1 heterocycles. The Kier molecular flexibility index (Phi) is 2.77. The first-order valence-electron chi connectivity index (χ1n) is 4.12. The molecular weight excluding hydrogens is 174 g/mol. The molecule has 0 saturated heterocycles. The second-order valence-electron chi connectivity index (χ2n) is 3.03. The average Bonchev–Trinajstić information content (AvgIpc) is 2.28. The minimum Gasteiger partial charge on any atom is -0.259 e. The van der Waals surface area contributed by atoms with E-state index in [0.29, 0.717) is 10.9 Å². The maximum absolute atomic E-state index is 10.7. The van der Waals surface area contributed by atoms with Crippen LogP contribution in [0.15, 0.2) is 10.6 Å². The van der Waals surface area contributed by atoms with Crippen LogP contribution in [-0.2, 0) is 0 Å². The standard InChI is InChI=1S/C8H13NO2S/c1-4-7-8(9(10)11)5(2)6(3)12-7/h5-6H,4H2,1-3H3. The molecule has 0 bridgehead atoms. The third-order valence-electron chi connectivity index (χ3n) is 2.27. The molecule has 0 aromatic heterocycles. The molecule has 3 nitrogen and oxygen atoms in total. The molecule has 68 valence electrons. The van der Waals surface area contributed by atoms with Crippen LogP contribution in [0.25, 0.3) is 0 Å². The van der Waals surface area contributed by atoms with Crippen LogP contribution in [0.4, 0.5) is 0 Å². The first-order valence-corrected chi connectivity index (χ1v) is 5.00. The van der Waals surface area contributed by atoms with Gasteiger partial charge in [0.1, 0.15) is 0 Å². The second kappa shape index (κ2) is 3.47. The second-order valence-corrected chi connectivity index (χ2v) is 4.50. The fourth-order valence-electron chi connectivity index (χ4n) is 1.40. The summed E-state index contributed by atoms with van der Waals surface area (Å²) in [6.45, 7) is 5.94. The quantitative estimate of drug-likeness (QED) is 0.493. The van der Waals surface area contributed by atoms with E-state index in [9.17, 15) is 10.1 Å². The zero-order valence-corrected chi connectivity index (χ0v) is 8.35. The maximum Gasteiger partial charge on any atom is 0.259 e. The van der Waals surface area contributed by atoms with Crippen molar-refractivity contribution in [3.05, 3.63) is 20.7 Å². The number of thioether (sulfide) groups is 1. The van der Waals surface area contributed by atoms with Crippen molar-refractivity contribution in [2.75, 3.05) is 0 Å². The number of rotatable bonds is 2. The van der Waals surface area contributed by atoms with E-state index in [2.05, 4.69) is 0 Å². The van der Waals surface area contributed by atoms with Gasteiger partial charge in [-0.05, 0) is 6.42 Å². The highest BCUT2D eigenvalue weighted by Gasteiger charge is 2.36. The molecule has 4 heteroatoms. The van der Waals surface area contributed by atoms with Crippen LogP contribution in [-0.4, -0.2) is 10.2 Å². The third-order valence-corrected chi connectivity index (χ3v) is 3.83. The number of nitrogens with zero attached hydrogens (tertiary/aromatic N) is 1. The SMILES string of the molecule is CCC1=C([N+](=O)[O-])C(C)C(C)S1. The molecule has 0 aromatic carbocycles. The third kappa shape index (κ3) is 1.48. The Morgan fingerprint density at radius 2 is 2.17 bits per heavy atom. The largest absolute Gasteiger partial charge is 0.259 e. The number of hydrogen-bond donors (Lipinski definition) is 0. The van der Waals surface area contributed by atoms with E-state index in [1.807, 2.05) is 20.8 Å². The highest BCUT2D eigenvalue weighted by Crippen LogP contribution is 2.43. The number of hydrogen-bond acceptors (Lipinski definition) is 3. The van der Waals surface area contributed by atoms with E-state index in [1.165, 1.54) is 0 Å². The van der Waals surface area contributed by atoms with Crippen molar-refractivity contribution in [2.24, 2.45) is 5.92 Å². The van der Waals surface area contributed by atoms with Crippen LogP contribution in [0.1, 0.15) is 27.2 Å². The van der Waals surface area contributed by atoms with Gasteiger partial charge in [0.2, 0.25) is 0 Å². The molecule has 1 aliphatic heterocycles. The molecule has 0 saturated carbocycles.